The lowest BCUT2D eigenvalue weighted by Gasteiger charge is -2.27. The van der Waals surface area contributed by atoms with E-state index >= 15 is 0 Å². The first-order chi connectivity index (χ1) is 8.55. The minimum Gasteiger partial charge on any atom is -0.251 e. The van der Waals surface area contributed by atoms with E-state index in [-0.39, 0.29) is 0 Å². The fourth-order valence-corrected chi connectivity index (χ4v) is 3.54. The lowest BCUT2D eigenvalue weighted by Crippen LogP contribution is -2.41. The van der Waals surface area contributed by atoms with Gasteiger partial charge in [-0.2, -0.15) is 0 Å². The van der Waals surface area contributed by atoms with Crippen LogP contribution < -0.4 is 10.6 Å². The molecule has 100 valence electrons. The Bertz CT molecular complexity index is 361. The van der Waals surface area contributed by atoms with E-state index in [1.54, 1.807) is 5.19 Å². The Morgan fingerprint density at radius 3 is 2.17 bits per heavy atom. The van der Waals surface area contributed by atoms with Gasteiger partial charge in [-0.15, -0.1) is 0 Å². The van der Waals surface area contributed by atoms with Gasteiger partial charge in [0, 0.05) is 19.6 Å². The summed E-state index contributed by atoms with van der Waals surface area (Å²) in [5.41, 5.74) is 4.93. The summed E-state index contributed by atoms with van der Waals surface area (Å²) < 4.78 is 0. The highest BCUT2D eigenvalue weighted by atomic mass is 28.3. The van der Waals surface area contributed by atoms with Gasteiger partial charge in [-0.25, -0.2) is 5.01 Å². The molecule has 0 saturated carbocycles. The van der Waals surface area contributed by atoms with E-state index in [4.69, 9.17) is 0 Å². The Labute approximate surface area is 112 Å². The van der Waals surface area contributed by atoms with Gasteiger partial charge in [0.25, 0.3) is 0 Å². The van der Waals surface area contributed by atoms with Crippen LogP contribution in [0.5, 0.6) is 0 Å². The quantitative estimate of drug-likeness (QED) is 0.839. The molecule has 2 nitrogen and oxygen atoms in total. The lowest BCUT2D eigenvalue weighted by molar-refractivity contribution is 0.151. The van der Waals surface area contributed by atoms with Crippen molar-refractivity contribution in [3.63, 3.8) is 0 Å². The van der Waals surface area contributed by atoms with Crippen LogP contribution in [0.3, 0.4) is 0 Å². The van der Waals surface area contributed by atoms with Crippen molar-refractivity contribution in [2.75, 3.05) is 13.1 Å². The molecule has 18 heavy (non-hydrogen) atoms. The minimum absolute atomic E-state index is 0.964. The molecule has 0 aliphatic carbocycles. The fourth-order valence-electron chi connectivity index (χ4n) is 2.38. The summed E-state index contributed by atoms with van der Waals surface area (Å²) in [6, 6.07) is 9.20. The van der Waals surface area contributed by atoms with Crippen LogP contribution in [0.25, 0.3) is 0 Å². The summed E-state index contributed by atoms with van der Waals surface area (Å²) in [4.78, 5) is 0. The van der Waals surface area contributed by atoms with Crippen LogP contribution in [0.2, 0.25) is 19.6 Å². The van der Waals surface area contributed by atoms with E-state index in [1.165, 1.54) is 37.9 Å². The maximum atomic E-state index is 3.54. The Kier molecular flexibility index (Phi) is 4.59. The van der Waals surface area contributed by atoms with Gasteiger partial charge in [-0.1, -0.05) is 55.5 Å². The zero-order chi connectivity index (χ0) is 13.0. The van der Waals surface area contributed by atoms with Crippen LogP contribution in [-0.2, 0) is 6.54 Å². The molecule has 0 aromatic heterocycles. The third kappa shape index (κ3) is 3.94. The molecule has 1 aromatic carbocycles. The standard InChI is InChI=1S/C15H26N2Si/c1-18(2,3)15-9-7-14(8-10-15)13-16-17-11-5-4-6-12-17/h7-10,16H,4-6,11-13H2,1-3H3. The van der Waals surface area contributed by atoms with E-state index in [9.17, 15) is 0 Å². The SMILES string of the molecule is C[Si](C)(C)c1ccc(CNN2CCCCC2)cc1. The molecule has 1 saturated heterocycles. The summed E-state index contributed by atoms with van der Waals surface area (Å²) in [6.45, 7) is 10.6. The van der Waals surface area contributed by atoms with Gasteiger partial charge in [0.2, 0.25) is 0 Å². The largest absolute Gasteiger partial charge is 0.251 e. The molecule has 0 amide bonds. The Balaban J connectivity index is 1.86. The summed E-state index contributed by atoms with van der Waals surface area (Å²) in [5.74, 6) is 0. The molecule has 0 unspecified atom stereocenters. The normalized spacial score (nSPS) is 17.9. The first-order valence-corrected chi connectivity index (χ1v) is 10.6. The molecule has 2 rings (SSSR count). The third-order valence-corrected chi connectivity index (χ3v) is 5.75. The predicted octanol–water partition coefficient (Wildman–Crippen LogP) is 2.72. The van der Waals surface area contributed by atoms with E-state index in [0.29, 0.717) is 0 Å². The van der Waals surface area contributed by atoms with Gasteiger partial charge in [0.05, 0.1) is 8.07 Å². The number of nitrogens with one attached hydrogen (secondary N) is 1. The Hall–Kier alpha value is -0.643. The second-order valence-electron chi connectivity index (χ2n) is 6.33. The Morgan fingerprint density at radius 1 is 1.00 bits per heavy atom. The number of hydrazine groups is 1. The molecular formula is C15H26N2Si. The molecule has 1 aromatic rings. The maximum Gasteiger partial charge on any atom is 0.0775 e. The molecular weight excluding hydrogens is 236 g/mol. The topological polar surface area (TPSA) is 15.3 Å². The van der Waals surface area contributed by atoms with Crippen molar-refractivity contribution in [3.8, 4) is 0 Å². The van der Waals surface area contributed by atoms with Crippen LogP contribution in [0.4, 0.5) is 0 Å². The lowest BCUT2D eigenvalue weighted by atomic mass is 10.2. The number of piperidine rings is 1. The fraction of sp³-hybridized carbons (Fsp3) is 0.600. The van der Waals surface area contributed by atoms with Gasteiger partial charge in [-0.3, -0.25) is 5.43 Å². The maximum absolute atomic E-state index is 3.54. The molecule has 1 aliphatic heterocycles. The molecule has 0 bridgehead atoms. The number of rotatable bonds is 4. The van der Waals surface area contributed by atoms with Crippen molar-refractivity contribution in [1.29, 1.82) is 0 Å². The van der Waals surface area contributed by atoms with Gasteiger partial charge in [-0.05, 0) is 18.4 Å². The highest BCUT2D eigenvalue weighted by molar-refractivity contribution is 6.88. The van der Waals surface area contributed by atoms with Crippen LogP contribution in [0, 0.1) is 0 Å². The minimum atomic E-state index is -1.14. The van der Waals surface area contributed by atoms with Crippen molar-refractivity contribution in [2.45, 2.75) is 45.4 Å². The summed E-state index contributed by atoms with van der Waals surface area (Å²) >= 11 is 0. The van der Waals surface area contributed by atoms with Gasteiger partial charge in [0.1, 0.15) is 0 Å². The van der Waals surface area contributed by atoms with Crippen LogP contribution >= 0.6 is 0 Å². The van der Waals surface area contributed by atoms with Crippen molar-refractivity contribution >= 4 is 13.3 Å². The van der Waals surface area contributed by atoms with Crippen LogP contribution in [0.1, 0.15) is 24.8 Å². The summed E-state index contributed by atoms with van der Waals surface area (Å²) in [6.07, 6.45) is 4.06. The second-order valence-corrected chi connectivity index (χ2v) is 11.4. The smallest absolute Gasteiger partial charge is 0.0775 e. The van der Waals surface area contributed by atoms with E-state index in [1.807, 2.05) is 0 Å². The zero-order valence-electron chi connectivity index (χ0n) is 12.0. The van der Waals surface area contributed by atoms with Crippen molar-refractivity contribution < 1.29 is 0 Å². The highest BCUT2D eigenvalue weighted by Gasteiger charge is 2.15. The first-order valence-electron chi connectivity index (χ1n) is 7.13. The summed E-state index contributed by atoms with van der Waals surface area (Å²) in [5, 5.41) is 3.92. The predicted molar refractivity (Wildman–Crippen MR) is 81.7 cm³/mol. The van der Waals surface area contributed by atoms with Crippen molar-refractivity contribution in [2.24, 2.45) is 0 Å². The van der Waals surface area contributed by atoms with Crippen molar-refractivity contribution in [3.05, 3.63) is 29.8 Å². The number of benzene rings is 1. The van der Waals surface area contributed by atoms with E-state index < -0.39 is 8.07 Å². The van der Waals surface area contributed by atoms with Crippen molar-refractivity contribution in [1.82, 2.24) is 10.4 Å². The van der Waals surface area contributed by atoms with Gasteiger partial charge in [0.15, 0.2) is 0 Å². The number of hydrogen-bond acceptors (Lipinski definition) is 2. The molecule has 1 fully saturated rings. The second kappa shape index (κ2) is 6.00. The molecule has 0 atom stereocenters. The van der Waals surface area contributed by atoms with Crippen LogP contribution in [-0.4, -0.2) is 26.2 Å². The zero-order valence-corrected chi connectivity index (χ0v) is 13.0. The number of nitrogens with zero attached hydrogens (tertiary/aromatic N) is 1. The van der Waals surface area contributed by atoms with Gasteiger partial charge < -0.3 is 0 Å². The monoisotopic (exact) mass is 262 g/mol. The molecule has 0 spiro atoms. The Morgan fingerprint density at radius 2 is 1.61 bits per heavy atom. The average Bonchev–Trinajstić information content (AvgIpc) is 2.37. The average molecular weight is 262 g/mol. The molecule has 1 N–H and O–H groups in total. The first kappa shape index (κ1) is 13.8. The summed E-state index contributed by atoms with van der Waals surface area (Å²) in [7, 11) is -1.14. The molecule has 1 heterocycles. The molecule has 1 aliphatic rings. The van der Waals surface area contributed by atoms with Gasteiger partial charge >= 0.3 is 0 Å². The number of hydrogen-bond donors (Lipinski definition) is 1. The molecule has 0 radical (unpaired) electrons. The van der Waals surface area contributed by atoms with E-state index in [0.717, 1.165) is 6.54 Å². The highest BCUT2D eigenvalue weighted by Crippen LogP contribution is 2.08. The third-order valence-electron chi connectivity index (χ3n) is 3.68. The van der Waals surface area contributed by atoms with E-state index in [2.05, 4.69) is 54.3 Å². The van der Waals surface area contributed by atoms with Crippen LogP contribution in [0.15, 0.2) is 24.3 Å². The molecule has 3 heteroatoms.